The van der Waals surface area contributed by atoms with Crippen LogP contribution >= 0.6 is 0 Å². The Kier molecular flexibility index (Phi) is 2.24. The number of hydrogen-bond acceptors (Lipinski definition) is 2. The van der Waals surface area contributed by atoms with Crippen LogP contribution in [0.2, 0.25) is 0 Å². The molecule has 3 heteroatoms. The lowest BCUT2D eigenvalue weighted by atomic mass is 10.1. The van der Waals surface area contributed by atoms with Crippen molar-refractivity contribution in [2.75, 3.05) is 6.54 Å². The molecule has 0 aromatic carbocycles. The van der Waals surface area contributed by atoms with Gasteiger partial charge >= 0.3 is 0 Å². The first-order valence-corrected chi connectivity index (χ1v) is 4.18. The molecule has 0 saturated carbocycles. The van der Waals surface area contributed by atoms with Crippen molar-refractivity contribution in [2.45, 2.75) is 32.5 Å². The van der Waals surface area contributed by atoms with Gasteiger partial charge in [-0.2, -0.15) is 0 Å². The van der Waals surface area contributed by atoms with Crippen molar-refractivity contribution in [3.8, 4) is 0 Å². The summed E-state index contributed by atoms with van der Waals surface area (Å²) < 4.78 is 0. The zero-order chi connectivity index (χ0) is 9.35. The first kappa shape index (κ1) is 9.26. The molecule has 1 amide bonds. The van der Waals surface area contributed by atoms with E-state index in [1.54, 1.807) is 11.0 Å². The molecule has 0 aromatic heterocycles. The lowest BCUT2D eigenvalue weighted by Gasteiger charge is -2.18. The number of nitrogens with one attached hydrogen (secondary N) is 1. The molecule has 1 aliphatic heterocycles. The van der Waals surface area contributed by atoms with Crippen molar-refractivity contribution in [1.82, 2.24) is 10.2 Å². The predicted octanol–water partition coefficient (Wildman–Crippen LogP) is 0.729. The molecule has 12 heavy (non-hydrogen) atoms. The third kappa shape index (κ3) is 1.37. The van der Waals surface area contributed by atoms with Gasteiger partial charge in [0.15, 0.2) is 0 Å². The zero-order valence-corrected chi connectivity index (χ0v) is 7.92. The molecule has 1 unspecified atom stereocenters. The Morgan fingerprint density at radius 1 is 1.75 bits per heavy atom. The summed E-state index contributed by atoms with van der Waals surface area (Å²) in [7, 11) is 0. The van der Waals surface area contributed by atoms with Crippen LogP contribution in [0.15, 0.2) is 12.7 Å². The SMILES string of the molecule is C=CCN1C(=O)C(C)(C)NC1C. The van der Waals surface area contributed by atoms with E-state index in [1.807, 2.05) is 20.8 Å². The largest absolute Gasteiger partial charge is 0.322 e. The lowest BCUT2D eigenvalue weighted by Crippen LogP contribution is -2.40. The summed E-state index contributed by atoms with van der Waals surface area (Å²) in [5.74, 6) is 0.148. The fraction of sp³-hybridized carbons (Fsp3) is 0.667. The Morgan fingerprint density at radius 2 is 2.33 bits per heavy atom. The third-order valence-corrected chi connectivity index (χ3v) is 2.16. The lowest BCUT2D eigenvalue weighted by molar-refractivity contribution is -0.131. The number of carbonyl (C=O) groups is 1. The summed E-state index contributed by atoms with van der Waals surface area (Å²) in [6.45, 7) is 10.0. The Labute approximate surface area is 73.4 Å². The summed E-state index contributed by atoms with van der Waals surface area (Å²) in [5, 5.41) is 3.21. The summed E-state index contributed by atoms with van der Waals surface area (Å²) in [6, 6.07) is 0. The highest BCUT2D eigenvalue weighted by Crippen LogP contribution is 2.18. The summed E-state index contributed by atoms with van der Waals surface area (Å²) in [6.07, 6.45) is 1.86. The third-order valence-electron chi connectivity index (χ3n) is 2.16. The van der Waals surface area contributed by atoms with Crippen LogP contribution in [0.1, 0.15) is 20.8 Å². The second-order valence-corrected chi connectivity index (χ2v) is 3.69. The molecular weight excluding hydrogens is 152 g/mol. The Morgan fingerprint density at radius 3 is 2.67 bits per heavy atom. The fourth-order valence-electron chi connectivity index (χ4n) is 1.58. The summed E-state index contributed by atoms with van der Waals surface area (Å²) in [4.78, 5) is 13.4. The van der Waals surface area contributed by atoms with Crippen LogP contribution in [0.5, 0.6) is 0 Å². The van der Waals surface area contributed by atoms with Gasteiger partial charge < -0.3 is 4.90 Å². The molecule has 1 rings (SSSR count). The molecule has 1 saturated heterocycles. The summed E-state index contributed by atoms with van der Waals surface area (Å²) >= 11 is 0. The Balaban J connectivity index is 2.77. The summed E-state index contributed by atoms with van der Waals surface area (Å²) in [5.41, 5.74) is -0.414. The fourth-order valence-corrected chi connectivity index (χ4v) is 1.58. The molecule has 0 spiro atoms. The molecule has 1 fully saturated rings. The highest BCUT2D eigenvalue weighted by Gasteiger charge is 2.41. The molecule has 3 nitrogen and oxygen atoms in total. The maximum Gasteiger partial charge on any atom is 0.243 e. The molecule has 1 atom stereocenters. The maximum atomic E-state index is 11.6. The van der Waals surface area contributed by atoms with E-state index >= 15 is 0 Å². The number of carbonyl (C=O) groups excluding carboxylic acids is 1. The van der Waals surface area contributed by atoms with Crippen LogP contribution in [0.4, 0.5) is 0 Å². The first-order valence-electron chi connectivity index (χ1n) is 4.18. The molecule has 1 N–H and O–H groups in total. The van der Waals surface area contributed by atoms with Gasteiger partial charge in [-0.15, -0.1) is 6.58 Å². The average molecular weight is 168 g/mol. The number of hydrogen-bond donors (Lipinski definition) is 1. The van der Waals surface area contributed by atoms with Crippen LogP contribution in [0.25, 0.3) is 0 Å². The molecule has 0 radical (unpaired) electrons. The Bertz CT molecular complexity index is 211. The maximum absolute atomic E-state index is 11.6. The second-order valence-electron chi connectivity index (χ2n) is 3.69. The van der Waals surface area contributed by atoms with E-state index in [2.05, 4.69) is 11.9 Å². The van der Waals surface area contributed by atoms with Gasteiger partial charge in [0.05, 0.1) is 11.7 Å². The average Bonchev–Trinajstić information content (AvgIpc) is 2.13. The second kappa shape index (κ2) is 2.90. The zero-order valence-electron chi connectivity index (χ0n) is 7.92. The van der Waals surface area contributed by atoms with E-state index < -0.39 is 5.54 Å². The van der Waals surface area contributed by atoms with Gasteiger partial charge in [-0.1, -0.05) is 6.08 Å². The highest BCUT2D eigenvalue weighted by molar-refractivity contribution is 5.88. The van der Waals surface area contributed by atoms with Gasteiger partial charge in [0.25, 0.3) is 0 Å². The molecule has 0 bridgehead atoms. The molecule has 0 aromatic rings. The van der Waals surface area contributed by atoms with E-state index in [0.29, 0.717) is 6.54 Å². The molecule has 0 aliphatic carbocycles. The van der Waals surface area contributed by atoms with Gasteiger partial charge in [-0.3, -0.25) is 10.1 Å². The van der Waals surface area contributed by atoms with Crippen LogP contribution in [-0.2, 0) is 4.79 Å². The minimum absolute atomic E-state index is 0.116. The van der Waals surface area contributed by atoms with E-state index in [0.717, 1.165) is 0 Å². The van der Waals surface area contributed by atoms with Gasteiger partial charge in [0.2, 0.25) is 5.91 Å². The van der Waals surface area contributed by atoms with E-state index in [-0.39, 0.29) is 12.1 Å². The first-order chi connectivity index (χ1) is 5.49. The van der Waals surface area contributed by atoms with Gasteiger partial charge in [0.1, 0.15) is 0 Å². The molecule has 1 aliphatic rings. The molecule has 1 heterocycles. The monoisotopic (exact) mass is 168 g/mol. The normalized spacial score (nSPS) is 27.8. The van der Waals surface area contributed by atoms with E-state index in [4.69, 9.17) is 0 Å². The van der Waals surface area contributed by atoms with E-state index in [9.17, 15) is 4.79 Å². The van der Waals surface area contributed by atoms with Crippen LogP contribution in [0, 0.1) is 0 Å². The smallest absolute Gasteiger partial charge is 0.243 e. The molecular formula is C9H16N2O. The number of amides is 1. The van der Waals surface area contributed by atoms with Crippen molar-refractivity contribution < 1.29 is 4.79 Å². The highest BCUT2D eigenvalue weighted by atomic mass is 16.2. The predicted molar refractivity (Wildman–Crippen MR) is 48.6 cm³/mol. The minimum atomic E-state index is -0.414. The van der Waals surface area contributed by atoms with Crippen LogP contribution in [-0.4, -0.2) is 29.1 Å². The van der Waals surface area contributed by atoms with Gasteiger partial charge in [0, 0.05) is 6.54 Å². The topological polar surface area (TPSA) is 32.3 Å². The van der Waals surface area contributed by atoms with Crippen molar-refractivity contribution in [1.29, 1.82) is 0 Å². The number of rotatable bonds is 2. The van der Waals surface area contributed by atoms with Crippen molar-refractivity contribution in [3.05, 3.63) is 12.7 Å². The van der Waals surface area contributed by atoms with Crippen molar-refractivity contribution >= 4 is 5.91 Å². The number of nitrogens with zero attached hydrogens (tertiary/aromatic N) is 1. The van der Waals surface area contributed by atoms with Crippen molar-refractivity contribution in [2.24, 2.45) is 0 Å². The van der Waals surface area contributed by atoms with Crippen molar-refractivity contribution in [3.63, 3.8) is 0 Å². The van der Waals surface area contributed by atoms with Gasteiger partial charge in [-0.25, -0.2) is 0 Å². The quantitative estimate of drug-likeness (QED) is 0.616. The van der Waals surface area contributed by atoms with Gasteiger partial charge in [-0.05, 0) is 20.8 Å². The van der Waals surface area contributed by atoms with Crippen LogP contribution < -0.4 is 5.32 Å². The van der Waals surface area contributed by atoms with E-state index in [1.165, 1.54) is 0 Å². The minimum Gasteiger partial charge on any atom is -0.322 e. The molecule has 68 valence electrons. The van der Waals surface area contributed by atoms with Crippen LogP contribution in [0.3, 0.4) is 0 Å². The Hall–Kier alpha value is -0.830. The standard InChI is InChI=1S/C9H16N2O/c1-5-6-11-7(2)10-9(3,4)8(11)12/h5,7,10H,1,6H2,2-4H3.